The molecule has 0 heterocycles. The predicted octanol–water partition coefficient (Wildman–Crippen LogP) is 3.47. The number of hydrogen-bond acceptors (Lipinski definition) is 4. The standard InChI is InChI=1S/C18H20Cl2N2O4S/c1-12(18(23)21-11-13-6-4-5-7-15(13)19)22(27(3,24)25)14-8-9-17(26-2)16(20)10-14/h4-10,12H,11H2,1-3H3,(H,21,23)/t12-/m0/s1. The van der Waals surface area contributed by atoms with E-state index in [1.165, 1.54) is 26.2 Å². The molecular formula is C18H20Cl2N2O4S. The molecule has 2 rings (SSSR count). The van der Waals surface area contributed by atoms with Gasteiger partial charge in [-0.1, -0.05) is 41.4 Å². The molecule has 0 saturated heterocycles. The average Bonchev–Trinajstić information content (AvgIpc) is 2.59. The van der Waals surface area contributed by atoms with Gasteiger partial charge in [-0.2, -0.15) is 0 Å². The number of hydrogen-bond donors (Lipinski definition) is 1. The Morgan fingerprint density at radius 2 is 1.85 bits per heavy atom. The van der Waals surface area contributed by atoms with Gasteiger partial charge in [-0.3, -0.25) is 9.10 Å². The van der Waals surface area contributed by atoms with Gasteiger partial charge in [0.25, 0.3) is 0 Å². The Morgan fingerprint density at radius 1 is 1.19 bits per heavy atom. The highest BCUT2D eigenvalue weighted by molar-refractivity contribution is 7.92. The van der Waals surface area contributed by atoms with E-state index in [1.807, 2.05) is 0 Å². The number of carbonyl (C=O) groups is 1. The molecule has 6 nitrogen and oxygen atoms in total. The largest absolute Gasteiger partial charge is 0.495 e. The molecular weight excluding hydrogens is 411 g/mol. The first kappa shape index (κ1) is 21.3. The first-order valence-electron chi connectivity index (χ1n) is 7.99. The first-order chi connectivity index (χ1) is 12.6. The molecule has 0 aliphatic rings. The van der Waals surface area contributed by atoms with Crippen LogP contribution in [0.2, 0.25) is 10.0 Å². The molecule has 2 aromatic rings. The summed E-state index contributed by atoms with van der Waals surface area (Å²) in [5.74, 6) is -0.0584. The topological polar surface area (TPSA) is 75.7 Å². The van der Waals surface area contributed by atoms with Crippen molar-refractivity contribution >= 4 is 44.8 Å². The molecule has 9 heteroatoms. The fourth-order valence-corrected chi connectivity index (χ4v) is 4.19. The second-order valence-corrected chi connectivity index (χ2v) is 8.54. The van der Waals surface area contributed by atoms with Crippen LogP contribution >= 0.6 is 23.2 Å². The minimum atomic E-state index is -3.74. The summed E-state index contributed by atoms with van der Waals surface area (Å²) in [5, 5.41) is 3.48. The van der Waals surface area contributed by atoms with Crippen LogP contribution in [0.15, 0.2) is 42.5 Å². The molecule has 1 N–H and O–H groups in total. The van der Waals surface area contributed by atoms with Crippen molar-refractivity contribution in [3.63, 3.8) is 0 Å². The third-order valence-electron chi connectivity index (χ3n) is 3.89. The summed E-state index contributed by atoms with van der Waals surface area (Å²) in [7, 11) is -2.28. The molecule has 1 amide bonds. The van der Waals surface area contributed by atoms with E-state index in [9.17, 15) is 13.2 Å². The maximum atomic E-state index is 12.6. The third kappa shape index (κ3) is 5.28. The van der Waals surface area contributed by atoms with Crippen LogP contribution in [-0.4, -0.2) is 33.7 Å². The van der Waals surface area contributed by atoms with Crippen molar-refractivity contribution < 1.29 is 17.9 Å². The number of anilines is 1. The number of nitrogens with one attached hydrogen (secondary N) is 1. The lowest BCUT2D eigenvalue weighted by Crippen LogP contribution is -2.47. The lowest BCUT2D eigenvalue weighted by atomic mass is 10.2. The molecule has 2 aromatic carbocycles. The number of amides is 1. The summed E-state index contributed by atoms with van der Waals surface area (Å²) in [6, 6.07) is 10.6. The molecule has 146 valence electrons. The lowest BCUT2D eigenvalue weighted by molar-refractivity contribution is -0.122. The Morgan fingerprint density at radius 3 is 2.41 bits per heavy atom. The summed E-state index contributed by atoms with van der Waals surface area (Å²) in [6.45, 7) is 1.69. The van der Waals surface area contributed by atoms with Crippen molar-refractivity contribution in [2.75, 3.05) is 17.7 Å². The highest BCUT2D eigenvalue weighted by Crippen LogP contribution is 2.31. The first-order valence-corrected chi connectivity index (χ1v) is 10.6. The van der Waals surface area contributed by atoms with Crippen LogP contribution in [0.5, 0.6) is 5.75 Å². The maximum absolute atomic E-state index is 12.6. The summed E-state index contributed by atoms with van der Waals surface area (Å²) >= 11 is 12.2. The van der Waals surface area contributed by atoms with E-state index in [2.05, 4.69) is 5.32 Å². The number of rotatable bonds is 7. The molecule has 0 fully saturated rings. The monoisotopic (exact) mass is 430 g/mol. The van der Waals surface area contributed by atoms with E-state index < -0.39 is 22.0 Å². The molecule has 0 aliphatic heterocycles. The fraction of sp³-hybridized carbons (Fsp3) is 0.278. The van der Waals surface area contributed by atoms with Crippen LogP contribution in [0.4, 0.5) is 5.69 Å². The molecule has 0 bridgehead atoms. The van der Waals surface area contributed by atoms with E-state index in [1.54, 1.807) is 30.3 Å². The van der Waals surface area contributed by atoms with Crippen LogP contribution in [0, 0.1) is 0 Å². The van der Waals surface area contributed by atoms with Gasteiger partial charge < -0.3 is 10.1 Å². The summed E-state index contributed by atoms with van der Waals surface area (Å²) in [6.07, 6.45) is 1.03. The summed E-state index contributed by atoms with van der Waals surface area (Å²) < 4.78 is 30.7. The smallest absolute Gasteiger partial charge is 0.243 e. The van der Waals surface area contributed by atoms with Gasteiger partial charge in [0.1, 0.15) is 11.8 Å². The van der Waals surface area contributed by atoms with Gasteiger partial charge in [0, 0.05) is 11.6 Å². The number of methoxy groups -OCH3 is 1. The van der Waals surface area contributed by atoms with Crippen LogP contribution in [-0.2, 0) is 21.4 Å². The van der Waals surface area contributed by atoms with Crippen LogP contribution < -0.4 is 14.4 Å². The Kier molecular flexibility index (Phi) is 6.97. The van der Waals surface area contributed by atoms with E-state index in [4.69, 9.17) is 27.9 Å². The van der Waals surface area contributed by atoms with E-state index >= 15 is 0 Å². The van der Waals surface area contributed by atoms with Gasteiger partial charge in [0.15, 0.2) is 0 Å². The van der Waals surface area contributed by atoms with Crippen LogP contribution in [0.3, 0.4) is 0 Å². The zero-order valence-electron chi connectivity index (χ0n) is 15.1. The molecule has 1 atom stereocenters. The van der Waals surface area contributed by atoms with Gasteiger partial charge in [-0.05, 0) is 36.8 Å². The van der Waals surface area contributed by atoms with Crippen molar-refractivity contribution in [3.8, 4) is 5.75 Å². The SMILES string of the molecule is COc1ccc(N([C@@H](C)C(=O)NCc2ccccc2Cl)S(C)(=O)=O)cc1Cl. The quantitative estimate of drug-likeness (QED) is 0.729. The lowest BCUT2D eigenvalue weighted by Gasteiger charge is -2.28. The second-order valence-electron chi connectivity index (χ2n) is 5.86. The Bertz CT molecular complexity index is 935. The minimum Gasteiger partial charge on any atom is -0.495 e. The number of ether oxygens (including phenoxy) is 1. The number of sulfonamides is 1. The Hall–Kier alpha value is -1.96. The van der Waals surface area contributed by atoms with Gasteiger partial charge in [0.2, 0.25) is 15.9 Å². The van der Waals surface area contributed by atoms with Gasteiger partial charge in [-0.25, -0.2) is 8.42 Å². The van der Waals surface area contributed by atoms with E-state index in [0.29, 0.717) is 10.8 Å². The molecule has 0 radical (unpaired) electrons. The van der Waals surface area contributed by atoms with Crippen molar-refractivity contribution in [3.05, 3.63) is 58.1 Å². The zero-order chi connectivity index (χ0) is 20.2. The zero-order valence-corrected chi connectivity index (χ0v) is 17.4. The normalized spacial score (nSPS) is 12.3. The van der Waals surface area contributed by atoms with Crippen molar-refractivity contribution in [2.24, 2.45) is 0 Å². The van der Waals surface area contributed by atoms with Gasteiger partial charge >= 0.3 is 0 Å². The fourth-order valence-electron chi connectivity index (χ4n) is 2.57. The maximum Gasteiger partial charge on any atom is 0.243 e. The molecule has 0 aromatic heterocycles. The summed E-state index contributed by atoms with van der Waals surface area (Å²) in [5.41, 5.74) is 1.00. The van der Waals surface area contributed by atoms with Crippen LogP contribution in [0.1, 0.15) is 12.5 Å². The Balaban J connectivity index is 2.24. The molecule has 0 aliphatic carbocycles. The van der Waals surface area contributed by atoms with E-state index in [0.717, 1.165) is 16.1 Å². The number of benzene rings is 2. The highest BCUT2D eigenvalue weighted by atomic mass is 35.5. The van der Waals surface area contributed by atoms with E-state index in [-0.39, 0.29) is 17.3 Å². The predicted molar refractivity (Wildman–Crippen MR) is 108 cm³/mol. The third-order valence-corrected chi connectivity index (χ3v) is 5.80. The van der Waals surface area contributed by atoms with Crippen molar-refractivity contribution in [2.45, 2.75) is 19.5 Å². The number of halogens is 2. The van der Waals surface area contributed by atoms with Gasteiger partial charge in [-0.15, -0.1) is 0 Å². The second kappa shape index (κ2) is 8.82. The highest BCUT2D eigenvalue weighted by Gasteiger charge is 2.29. The molecule has 0 saturated carbocycles. The number of nitrogens with zero attached hydrogens (tertiary/aromatic N) is 1. The van der Waals surface area contributed by atoms with Gasteiger partial charge in [0.05, 0.1) is 24.1 Å². The van der Waals surface area contributed by atoms with Crippen molar-refractivity contribution in [1.29, 1.82) is 0 Å². The average molecular weight is 431 g/mol. The summed E-state index contributed by atoms with van der Waals surface area (Å²) in [4.78, 5) is 12.6. The number of carbonyl (C=O) groups excluding carboxylic acids is 1. The minimum absolute atomic E-state index is 0.184. The molecule has 0 unspecified atom stereocenters. The molecule has 27 heavy (non-hydrogen) atoms. The Labute approximate surface area is 169 Å². The van der Waals surface area contributed by atoms with Crippen molar-refractivity contribution in [1.82, 2.24) is 5.32 Å². The van der Waals surface area contributed by atoms with Crippen LogP contribution in [0.25, 0.3) is 0 Å². The molecule has 0 spiro atoms.